The normalized spacial score (nSPS) is 16.1. The monoisotopic (exact) mass is 555 g/mol. The summed E-state index contributed by atoms with van der Waals surface area (Å²) in [5.74, 6) is -3.72. The predicted molar refractivity (Wildman–Crippen MR) is 131 cm³/mol. The molecule has 11 nitrogen and oxygen atoms in total. The molecule has 2 aromatic heterocycles. The maximum atomic E-state index is 14.4. The number of carboxylic acids is 1. The topological polar surface area (TPSA) is 155 Å². The van der Waals surface area contributed by atoms with Crippen molar-refractivity contribution in [2.75, 3.05) is 0 Å². The lowest BCUT2D eigenvalue weighted by molar-refractivity contribution is -0.0499. The van der Waals surface area contributed by atoms with Crippen LogP contribution in [-0.4, -0.2) is 55.3 Å². The predicted octanol–water partition coefficient (Wildman–Crippen LogP) is 2.49. The van der Waals surface area contributed by atoms with E-state index in [1.54, 1.807) is 6.07 Å². The molecule has 2 aromatic carbocycles. The minimum Gasteiger partial charge on any atom is -0.478 e. The molecule has 4 aromatic rings. The summed E-state index contributed by atoms with van der Waals surface area (Å²) in [6.07, 6.45) is -0.147. The number of hydrogen-bond donors (Lipinski definition) is 4. The molecule has 206 valence electrons. The van der Waals surface area contributed by atoms with Gasteiger partial charge in [0.05, 0.1) is 23.9 Å². The summed E-state index contributed by atoms with van der Waals surface area (Å²) in [6, 6.07) is 10.1. The number of aliphatic hydroxyl groups is 1. The summed E-state index contributed by atoms with van der Waals surface area (Å²) in [6.45, 7) is -3.13. The van der Waals surface area contributed by atoms with Crippen molar-refractivity contribution in [3.63, 3.8) is 0 Å². The molecule has 0 unspecified atom stereocenters. The van der Waals surface area contributed by atoms with Crippen LogP contribution in [0, 0.1) is 5.82 Å². The first-order valence-corrected chi connectivity index (χ1v) is 11.8. The summed E-state index contributed by atoms with van der Waals surface area (Å²) >= 11 is 0. The van der Waals surface area contributed by atoms with E-state index >= 15 is 0 Å². The molecule has 1 aliphatic carbocycles. The number of hydrogen-bond acceptors (Lipinski definition) is 7. The summed E-state index contributed by atoms with van der Waals surface area (Å²) in [7, 11) is 0. The number of fused-ring (bicyclic) bond motifs is 2. The highest BCUT2D eigenvalue weighted by Gasteiger charge is 2.34. The third-order valence-electron chi connectivity index (χ3n) is 6.30. The second kappa shape index (κ2) is 10.6. The van der Waals surface area contributed by atoms with Gasteiger partial charge in [-0.2, -0.15) is 13.9 Å². The van der Waals surface area contributed by atoms with Crippen LogP contribution in [0.1, 0.15) is 54.1 Å². The van der Waals surface area contributed by atoms with Crippen LogP contribution in [0.15, 0.2) is 54.7 Å². The Hall–Kier alpha value is -4.98. The lowest BCUT2D eigenvalue weighted by atomic mass is 10.0. The number of benzene rings is 2. The summed E-state index contributed by atoms with van der Waals surface area (Å²) in [5, 5.41) is 28.8. The van der Waals surface area contributed by atoms with E-state index in [0.717, 1.165) is 16.8 Å². The second-order valence-corrected chi connectivity index (χ2v) is 8.90. The zero-order valence-corrected chi connectivity index (χ0v) is 20.3. The highest BCUT2D eigenvalue weighted by molar-refractivity contribution is 5.98. The quantitative estimate of drug-likeness (QED) is 0.259. The molecule has 0 fully saturated rings. The Morgan fingerprint density at radius 1 is 1.12 bits per heavy atom. The van der Waals surface area contributed by atoms with Gasteiger partial charge in [0, 0.05) is 19.0 Å². The van der Waals surface area contributed by atoms with Gasteiger partial charge in [0.25, 0.3) is 11.8 Å². The number of aromatic carboxylic acids is 1. The van der Waals surface area contributed by atoms with Gasteiger partial charge in [-0.25, -0.2) is 18.7 Å². The Kier molecular flexibility index (Phi) is 7.09. The van der Waals surface area contributed by atoms with Crippen molar-refractivity contribution in [2.24, 2.45) is 0 Å². The molecule has 0 radical (unpaired) electrons. The van der Waals surface area contributed by atoms with Crippen LogP contribution in [0.4, 0.5) is 13.2 Å². The standard InChI is InChI=1S/C26H20F3N5O6/c27-17-11-31-34-19(24(37)33-21-16-5-4-13(25(38)39)7-14(16)8-20(21)35)9-18(32-22(17)34)23(36)30-10-12-2-1-3-15(6-12)40-26(28)29/h1-7,9,11,20-21,26,35H,8,10H2,(H,30,36)(H,33,37)(H,38,39)/t20-,21-/m1/s1. The smallest absolute Gasteiger partial charge is 0.387 e. The molecule has 0 saturated carbocycles. The van der Waals surface area contributed by atoms with Crippen molar-refractivity contribution < 1.29 is 42.5 Å². The van der Waals surface area contributed by atoms with E-state index in [2.05, 4.69) is 25.5 Å². The van der Waals surface area contributed by atoms with Crippen LogP contribution in [0.3, 0.4) is 0 Å². The Labute approximate surface area is 223 Å². The van der Waals surface area contributed by atoms with Gasteiger partial charge in [-0.05, 0) is 41.0 Å². The Bertz CT molecular complexity index is 1640. The average Bonchev–Trinajstić information content (AvgIpc) is 3.44. The number of nitrogens with one attached hydrogen (secondary N) is 2. The Morgan fingerprint density at radius 3 is 2.67 bits per heavy atom. The van der Waals surface area contributed by atoms with Gasteiger partial charge in [0.1, 0.15) is 17.1 Å². The molecule has 0 bridgehead atoms. The van der Waals surface area contributed by atoms with Gasteiger partial charge in [0.15, 0.2) is 11.5 Å². The van der Waals surface area contributed by atoms with E-state index < -0.39 is 48.0 Å². The lowest BCUT2D eigenvalue weighted by Crippen LogP contribution is -2.35. The number of carbonyl (C=O) groups excluding carboxylic acids is 2. The molecular formula is C26H20F3N5O6. The van der Waals surface area contributed by atoms with Crippen molar-refractivity contribution in [2.45, 2.75) is 31.7 Å². The van der Waals surface area contributed by atoms with Crippen LogP contribution in [0.25, 0.3) is 5.65 Å². The molecule has 2 atom stereocenters. The minimum atomic E-state index is -3.02. The molecule has 2 heterocycles. The highest BCUT2D eigenvalue weighted by atomic mass is 19.3. The van der Waals surface area contributed by atoms with E-state index in [0.29, 0.717) is 16.7 Å². The molecule has 0 aliphatic heterocycles. The number of carboxylic acid groups (broad SMARTS) is 1. The van der Waals surface area contributed by atoms with Crippen molar-refractivity contribution in [3.05, 3.63) is 94.2 Å². The molecule has 14 heteroatoms. The van der Waals surface area contributed by atoms with E-state index in [1.807, 2.05) is 0 Å². The van der Waals surface area contributed by atoms with E-state index in [-0.39, 0.29) is 35.7 Å². The summed E-state index contributed by atoms with van der Waals surface area (Å²) in [5.41, 5.74) is 0.545. The zero-order chi connectivity index (χ0) is 28.6. The SMILES string of the molecule is O=C(O)c1ccc2c(c1)C[C@@H](O)[C@@H]2NC(=O)c1cc(C(=O)NCc2cccc(OC(F)F)c2)nc2c(F)cnn12. The van der Waals surface area contributed by atoms with Gasteiger partial charge >= 0.3 is 12.6 Å². The maximum Gasteiger partial charge on any atom is 0.387 e. The van der Waals surface area contributed by atoms with E-state index in [1.165, 1.54) is 36.4 Å². The van der Waals surface area contributed by atoms with Crippen LogP contribution in [-0.2, 0) is 13.0 Å². The van der Waals surface area contributed by atoms with Gasteiger partial charge in [-0.1, -0.05) is 18.2 Å². The second-order valence-electron chi connectivity index (χ2n) is 8.90. The molecule has 40 heavy (non-hydrogen) atoms. The van der Waals surface area contributed by atoms with Gasteiger partial charge in [0.2, 0.25) is 0 Å². The number of nitrogens with zero attached hydrogens (tertiary/aromatic N) is 3. The number of aromatic nitrogens is 3. The first-order valence-electron chi connectivity index (χ1n) is 11.8. The number of aliphatic hydroxyl groups excluding tert-OH is 1. The van der Waals surface area contributed by atoms with Crippen molar-refractivity contribution >= 4 is 23.4 Å². The van der Waals surface area contributed by atoms with Gasteiger partial charge in [-0.3, -0.25) is 9.59 Å². The van der Waals surface area contributed by atoms with Crippen molar-refractivity contribution in [3.8, 4) is 5.75 Å². The third-order valence-corrected chi connectivity index (χ3v) is 6.30. The molecule has 2 amide bonds. The number of carbonyl (C=O) groups is 3. The fraction of sp³-hybridized carbons (Fsp3) is 0.192. The molecule has 0 saturated heterocycles. The number of halogens is 3. The maximum absolute atomic E-state index is 14.4. The lowest BCUT2D eigenvalue weighted by Gasteiger charge is -2.18. The molecule has 4 N–H and O–H groups in total. The largest absolute Gasteiger partial charge is 0.478 e. The highest BCUT2D eigenvalue weighted by Crippen LogP contribution is 2.32. The van der Waals surface area contributed by atoms with Crippen LogP contribution in [0.5, 0.6) is 5.75 Å². The molecule has 1 aliphatic rings. The molecule has 0 spiro atoms. The van der Waals surface area contributed by atoms with E-state index in [9.17, 15) is 37.8 Å². The first kappa shape index (κ1) is 26.6. The van der Waals surface area contributed by atoms with Gasteiger partial charge < -0.3 is 25.6 Å². The van der Waals surface area contributed by atoms with Crippen LogP contribution < -0.4 is 15.4 Å². The zero-order valence-electron chi connectivity index (χ0n) is 20.3. The van der Waals surface area contributed by atoms with Crippen molar-refractivity contribution in [1.29, 1.82) is 0 Å². The fourth-order valence-corrected chi connectivity index (χ4v) is 4.48. The fourth-order valence-electron chi connectivity index (χ4n) is 4.48. The van der Waals surface area contributed by atoms with Gasteiger partial charge in [-0.15, -0.1) is 0 Å². The van der Waals surface area contributed by atoms with E-state index in [4.69, 9.17) is 0 Å². The molecular weight excluding hydrogens is 535 g/mol. The minimum absolute atomic E-state index is 0.0321. The number of alkyl halides is 2. The van der Waals surface area contributed by atoms with Crippen molar-refractivity contribution in [1.82, 2.24) is 25.2 Å². The Balaban J connectivity index is 1.38. The Morgan fingerprint density at radius 2 is 1.93 bits per heavy atom. The van der Waals surface area contributed by atoms with Crippen LogP contribution in [0.2, 0.25) is 0 Å². The summed E-state index contributed by atoms with van der Waals surface area (Å²) in [4.78, 5) is 41.4. The number of rotatable bonds is 8. The number of amides is 2. The third kappa shape index (κ3) is 5.29. The number of ether oxygens (including phenoxy) is 1. The average molecular weight is 555 g/mol. The first-order chi connectivity index (χ1) is 19.1. The van der Waals surface area contributed by atoms with Crippen LogP contribution >= 0.6 is 0 Å². The summed E-state index contributed by atoms with van der Waals surface area (Å²) < 4.78 is 44.6. The molecule has 5 rings (SSSR count).